The summed E-state index contributed by atoms with van der Waals surface area (Å²) in [6.07, 6.45) is 5.25. The number of pyridine rings is 2. The van der Waals surface area contributed by atoms with E-state index in [4.69, 9.17) is 0 Å². The number of aromatic nitrogens is 2. The summed E-state index contributed by atoms with van der Waals surface area (Å²) in [7, 11) is 0. The molecular weight excluding hydrogens is 537 g/mol. The van der Waals surface area contributed by atoms with Gasteiger partial charge in [0, 0.05) is 30.8 Å². The molecule has 216 valence electrons. The number of fused-ring (bicyclic) bond motifs is 1. The average Bonchev–Trinajstić information content (AvgIpc) is 2.89. The Morgan fingerprint density at radius 3 is 2.34 bits per heavy atom. The maximum Gasteiger partial charge on any atom is 0.257 e. The van der Waals surface area contributed by atoms with Crippen LogP contribution in [0.25, 0.3) is 16.7 Å². The molecule has 1 amide bonds. The number of benzene rings is 1. The van der Waals surface area contributed by atoms with E-state index in [0.717, 1.165) is 25.3 Å². The van der Waals surface area contributed by atoms with Gasteiger partial charge in [-0.25, -0.2) is 18.2 Å². The molecule has 0 spiro atoms. The molecule has 11 heteroatoms. The number of carbonyl (C=O) groups is 1. The molecule has 0 unspecified atom stereocenters. The first-order valence-electron chi connectivity index (χ1n) is 14.2. The number of hydrogen-bond donors (Lipinski definition) is 3. The van der Waals surface area contributed by atoms with Crippen LogP contribution in [-0.2, 0) is 0 Å². The number of aliphatic hydroxyl groups is 2. The average molecular weight is 569 g/mol. The molecule has 1 atom stereocenters. The normalized spacial score (nSPS) is 30.1. The van der Waals surface area contributed by atoms with E-state index in [2.05, 4.69) is 10.3 Å². The van der Waals surface area contributed by atoms with Gasteiger partial charge in [-0.15, -0.1) is 0 Å². The lowest BCUT2D eigenvalue weighted by molar-refractivity contribution is -0.211. The summed E-state index contributed by atoms with van der Waals surface area (Å²) in [6, 6.07) is 5.92. The molecule has 4 saturated carbocycles. The molecule has 8 rings (SSSR count). The van der Waals surface area contributed by atoms with Gasteiger partial charge in [-0.05, 0) is 80.5 Å². The van der Waals surface area contributed by atoms with E-state index in [1.54, 1.807) is 0 Å². The molecule has 3 heterocycles. The van der Waals surface area contributed by atoms with E-state index < -0.39 is 34.9 Å². The van der Waals surface area contributed by atoms with Crippen molar-refractivity contribution in [3.05, 3.63) is 63.9 Å². The maximum atomic E-state index is 15.1. The quantitative estimate of drug-likeness (QED) is 0.416. The van der Waals surface area contributed by atoms with Crippen molar-refractivity contribution in [2.45, 2.75) is 62.4 Å². The molecule has 3 N–H and O–H groups in total. The summed E-state index contributed by atoms with van der Waals surface area (Å²) in [5, 5.41) is 22.9. The van der Waals surface area contributed by atoms with Gasteiger partial charge in [-0.2, -0.15) is 0 Å². The Balaban J connectivity index is 1.31. The van der Waals surface area contributed by atoms with Crippen LogP contribution in [0.5, 0.6) is 0 Å². The molecule has 5 fully saturated rings. The second kappa shape index (κ2) is 9.29. The minimum Gasteiger partial charge on any atom is -0.363 e. The van der Waals surface area contributed by atoms with Crippen LogP contribution in [0.15, 0.2) is 41.3 Å². The number of anilines is 1. The van der Waals surface area contributed by atoms with Gasteiger partial charge >= 0.3 is 0 Å². The molecule has 1 saturated heterocycles. The molecular formula is C30H31F3N4O4. The highest BCUT2D eigenvalue weighted by molar-refractivity contribution is 5.97. The van der Waals surface area contributed by atoms with Gasteiger partial charge in [0.2, 0.25) is 5.43 Å². The molecule has 0 radical (unpaired) electrons. The van der Waals surface area contributed by atoms with Crippen LogP contribution in [0, 0.1) is 29.4 Å². The van der Waals surface area contributed by atoms with Crippen LogP contribution in [0.2, 0.25) is 0 Å². The number of piperidine rings is 1. The van der Waals surface area contributed by atoms with Gasteiger partial charge in [0.25, 0.3) is 5.91 Å². The Kier molecular flexibility index (Phi) is 5.99. The topological polar surface area (TPSA) is 108 Å². The molecule has 41 heavy (non-hydrogen) atoms. The first-order valence-corrected chi connectivity index (χ1v) is 14.2. The van der Waals surface area contributed by atoms with Crippen LogP contribution in [0.4, 0.5) is 19.0 Å². The van der Waals surface area contributed by atoms with E-state index in [-0.39, 0.29) is 53.2 Å². The lowest BCUT2D eigenvalue weighted by atomic mass is 9.53. The number of amides is 1. The van der Waals surface area contributed by atoms with Crippen molar-refractivity contribution in [1.82, 2.24) is 14.9 Å². The highest BCUT2D eigenvalue weighted by Crippen LogP contribution is 2.55. The minimum atomic E-state index is -2.45. The van der Waals surface area contributed by atoms with E-state index in [9.17, 15) is 28.6 Å². The standard InChI is InChI=1S/C30H31F3N4O4/c31-19-1-3-23(22(32)10-19)37-14-21(28(39)35-29-11-16-7-17(12-29)9-18(8-16)13-29)26(38)20-2-4-25(34-27(20)37)36-6-5-30(40,41)24(33)15-36/h1-4,10,14,16-18,24,40-41H,5-9,11-13,15H2,(H,35,39)/t16?,17?,18?,24-,29?/m1/s1. The molecule has 5 aliphatic rings. The zero-order chi connectivity index (χ0) is 28.7. The predicted molar refractivity (Wildman–Crippen MR) is 145 cm³/mol. The lowest BCUT2D eigenvalue weighted by Crippen LogP contribution is -2.60. The largest absolute Gasteiger partial charge is 0.363 e. The number of halogens is 3. The second-order valence-corrected chi connectivity index (χ2v) is 12.6. The van der Waals surface area contributed by atoms with Crippen molar-refractivity contribution in [1.29, 1.82) is 0 Å². The third-order valence-corrected chi connectivity index (χ3v) is 9.62. The van der Waals surface area contributed by atoms with Gasteiger partial charge in [0.05, 0.1) is 17.6 Å². The Labute approximate surface area is 233 Å². The van der Waals surface area contributed by atoms with Gasteiger partial charge in [-0.1, -0.05) is 0 Å². The third kappa shape index (κ3) is 4.50. The predicted octanol–water partition coefficient (Wildman–Crippen LogP) is 3.59. The summed E-state index contributed by atoms with van der Waals surface area (Å²) in [4.78, 5) is 33.5. The molecule has 4 aliphatic carbocycles. The smallest absolute Gasteiger partial charge is 0.257 e. The minimum absolute atomic E-state index is 0.00426. The summed E-state index contributed by atoms with van der Waals surface area (Å²) in [5.74, 6) is -2.73. The van der Waals surface area contributed by atoms with Gasteiger partial charge < -0.3 is 20.4 Å². The van der Waals surface area contributed by atoms with E-state index in [0.29, 0.717) is 23.8 Å². The highest BCUT2D eigenvalue weighted by Gasteiger charge is 2.51. The van der Waals surface area contributed by atoms with Crippen molar-refractivity contribution < 1.29 is 28.2 Å². The van der Waals surface area contributed by atoms with Crippen LogP contribution >= 0.6 is 0 Å². The molecule has 8 nitrogen and oxygen atoms in total. The van der Waals surface area contributed by atoms with Gasteiger partial charge in [-0.3, -0.25) is 14.2 Å². The maximum absolute atomic E-state index is 15.1. The SMILES string of the molecule is O=C(NC12CC3CC(CC(C3)C1)C2)c1cn(-c2ccc(F)cc2F)c2nc(N3CCC(O)(O)[C@H](F)C3)ccc2c1=O. The van der Waals surface area contributed by atoms with Crippen molar-refractivity contribution >= 4 is 22.8 Å². The fourth-order valence-electron chi connectivity index (χ4n) is 8.06. The van der Waals surface area contributed by atoms with E-state index >= 15 is 4.39 Å². The Morgan fingerprint density at radius 2 is 1.71 bits per heavy atom. The molecule has 3 aromatic rings. The molecule has 4 bridgehead atoms. The molecule has 1 aromatic carbocycles. The zero-order valence-electron chi connectivity index (χ0n) is 22.3. The first kappa shape index (κ1) is 26.5. The molecule has 1 aliphatic heterocycles. The third-order valence-electron chi connectivity index (χ3n) is 9.62. The Hall–Kier alpha value is -3.44. The van der Waals surface area contributed by atoms with Crippen molar-refractivity contribution in [2.24, 2.45) is 17.8 Å². The highest BCUT2D eigenvalue weighted by atomic mass is 19.1. The van der Waals surface area contributed by atoms with Crippen molar-refractivity contribution in [3.8, 4) is 5.69 Å². The number of alkyl halides is 1. The summed E-state index contributed by atoms with van der Waals surface area (Å²) >= 11 is 0. The van der Waals surface area contributed by atoms with Crippen molar-refractivity contribution in [2.75, 3.05) is 18.0 Å². The lowest BCUT2D eigenvalue weighted by Gasteiger charge is -2.56. The number of nitrogens with one attached hydrogen (secondary N) is 1. The van der Waals surface area contributed by atoms with Crippen molar-refractivity contribution in [3.63, 3.8) is 0 Å². The van der Waals surface area contributed by atoms with Crippen LogP contribution in [0.3, 0.4) is 0 Å². The monoisotopic (exact) mass is 568 g/mol. The van der Waals surface area contributed by atoms with E-state index in [1.807, 2.05) is 0 Å². The number of carbonyl (C=O) groups excluding carboxylic acids is 1. The Bertz CT molecular complexity index is 1590. The second-order valence-electron chi connectivity index (χ2n) is 12.6. The summed E-state index contributed by atoms with van der Waals surface area (Å²) < 4.78 is 44.6. The number of rotatable bonds is 4. The fraction of sp³-hybridized carbons (Fsp3) is 0.500. The summed E-state index contributed by atoms with van der Waals surface area (Å²) in [6.45, 7) is -0.279. The van der Waals surface area contributed by atoms with E-state index in [1.165, 1.54) is 53.1 Å². The van der Waals surface area contributed by atoms with Gasteiger partial charge in [0.1, 0.15) is 23.0 Å². The van der Waals surface area contributed by atoms with Crippen LogP contribution in [0.1, 0.15) is 55.3 Å². The number of nitrogens with zero attached hydrogens (tertiary/aromatic N) is 3. The zero-order valence-corrected chi connectivity index (χ0v) is 22.3. The Morgan fingerprint density at radius 1 is 1.02 bits per heavy atom. The molecule has 2 aromatic heterocycles. The van der Waals surface area contributed by atoms with Crippen LogP contribution in [-0.4, -0.2) is 56.3 Å². The van der Waals surface area contributed by atoms with Crippen LogP contribution < -0.4 is 15.6 Å². The first-order chi connectivity index (χ1) is 19.5. The number of hydrogen-bond acceptors (Lipinski definition) is 6. The van der Waals surface area contributed by atoms with Gasteiger partial charge in [0.15, 0.2) is 17.6 Å². The fourth-order valence-corrected chi connectivity index (χ4v) is 8.06. The summed E-state index contributed by atoms with van der Waals surface area (Å²) in [5.41, 5.74) is -1.21.